The second kappa shape index (κ2) is 11.4. The third-order valence-electron chi connectivity index (χ3n) is 8.58. The maximum atomic E-state index is 14.2. The number of halogens is 1. The first-order chi connectivity index (χ1) is 19.1. The molecule has 3 unspecified atom stereocenters. The number of allylic oxidation sites excluding steroid dienone is 3. The van der Waals surface area contributed by atoms with Gasteiger partial charge in [-0.05, 0) is 79.9 Å². The molecule has 2 aromatic rings. The van der Waals surface area contributed by atoms with Crippen LogP contribution in [0.15, 0.2) is 72.2 Å². The minimum absolute atomic E-state index is 0.00717. The standard InChI is InChI=1S/C34H42ClN3O2/c1-22(2)15-18-37(33(39)26-14-13-23(3)31(32(26)35)27-19-24(27)4)21-28-29(20-25-11-7-8-12-30(25)40-6)38-17-10-9-16-34(38,5)36-28/h7-14,16-17,22,24,27,36H,15,18-21H2,1-6H3. The fourth-order valence-electron chi connectivity index (χ4n) is 6.02. The summed E-state index contributed by atoms with van der Waals surface area (Å²) >= 11 is 7.01. The second-order valence-electron chi connectivity index (χ2n) is 12.1. The van der Waals surface area contributed by atoms with E-state index >= 15 is 0 Å². The van der Waals surface area contributed by atoms with Crippen LogP contribution in [0.5, 0.6) is 5.75 Å². The average Bonchev–Trinajstić information content (AvgIpc) is 3.57. The van der Waals surface area contributed by atoms with Crippen molar-refractivity contribution < 1.29 is 9.53 Å². The fraction of sp³-hybridized carbons (Fsp3) is 0.441. The predicted molar refractivity (Wildman–Crippen MR) is 163 cm³/mol. The number of rotatable bonds is 10. The molecule has 0 aromatic heterocycles. The summed E-state index contributed by atoms with van der Waals surface area (Å²) < 4.78 is 5.69. The lowest BCUT2D eigenvalue weighted by Gasteiger charge is -2.35. The first kappa shape index (κ1) is 28.4. The number of ether oxygens (including phenoxy) is 1. The number of hydrogen-bond donors (Lipinski definition) is 1. The number of carbonyl (C=O) groups is 1. The topological polar surface area (TPSA) is 44.8 Å². The molecule has 1 amide bonds. The first-order valence-electron chi connectivity index (χ1n) is 14.5. The van der Waals surface area contributed by atoms with Crippen LogP contribution in [-0.2, 0) is 6.42 Å². The van der Waals surface area contributed by atoms with Crippen LogP contribution in [0.4, 0.5) is 0 Å². The van der Waals surface area contributed by atoms with E-state index in [9.17, 15) is 4.79 Å². The number of methoxy groups -OCH3 is 1. The maximum absolute atomic E-state index is 14.2. The number of nitrogens with zero attached hydrogens (tertiary/aromatic N) is 2. The molecule has 1 N–H and O–H groups in total. The Kier molecular flexibility index (Phi) is 8.05. The molecule has 0 bridgehead atoms. The molecule has 1 aliphatic carbocycles. The van der Waals surface area contributed by atoms with Crippen molar-refractivity contribution in [3.8, 4) is 5.75 Å². The van der Waals surface area contributed by atoms with Crippen LogP contribution >= 0.6 is 11.6 Å². The zero-order valence-electron chi connectivity index (χ0n) is 24.6. The van der Waals surface area contributed by atoms with Crippen molar-refractivity contribution in [3.63, 3.8) is 0 Å². The van der Waals surface area contributed by atoms with Crippen LogP contribution in [0.25, 0.3) is 0 Å². The molecule has 3 aliphatic rings. The van der Waals surface area contributed by atoms with Gasteiger partial charge in [-0.1, -0.05) is 62.7 Å². The number of fused-ring (bicyclic) bond motifs is 1. The summed E-state index contributed by atoms with van der Waals surface area (Å²) in [7, 11) is 1.71. The van der Waals surface area contributed by atoms with Gasteiger partial charge < -0.3 is 19.9 Å². The highest BCUT2D eigenvalue weighted by atomic mass is 35.5. The Morgan fingerprint density at radius 1 is 1.23 bits per heavy atom. The molecular formula is C34H42ClN3O2. The van der Waals surface area contributed by atoms with E-state index in [0.717, 1.165) is 41.1 Å². The van der Waals surface area contributed by atoms with Gasteiger partial charge in [0.25, 0.3) is 5.91 Å². The molecule has 1 fully saturated rings. The fourth-order valence-corrected chi connectivity index (χ4v) is 6.46. The van der Waals surface area contributed by atoms with Gasteiger partial charge in [-0.25, -0.2) is 0 Å². The molecule has 5 rings (SSSR count). The molecule has 6 heteroatoms. The Labute approximate surface area is 244 Å². The van der Waals surface area contributed by atoms with Gasteiger partial charge >= 0.3 is 0 Å². The summed E-state index contributed by atoms with van der Waals surface area (Å²) in [6, 6.07) is 12.1. The van der Waals surface area contributed by atoms with Crippen LogP contribution in [-0.4, -0.2) is 41.6 Å². The van der Waals surface area contributed by atoms with Gasteiger partial charge in [0, 0.05) is 30.4 Å². The monoisotopic (exact) mass is 559 g/mol. The average molecular weight is 560 g/mol. The van der Waals surface area contributed by atoms with Gasteiger partial charge in [-0.2, -0.15) is 0 Å². The van der Waals surface area contributed by atoms with E-state index < -0.39 is 5.66 Å². The highest BCUT2D eigenvalue weighted by molar-refractivity contribution is 6.34. The molecule has 40 heavy (non-hydrogen) atoms. The largest absolute Gasteiger partial charge is 0.496 e. The third kappa shape index (κ3) is 5.54. The minimum Gasteiger partial charge on any atom is -0.496 e. The molecule has 2 aliphatic heterocycles. The van der Waals surface area contributed by atoms with Gasteiger partial charge in [-0.3, -0.25) is 4.79 Å². The molecular weight excluding hydrogens is 518 g/mol. The zero-order chi connectivity index (χ0) is 28.6. The minimum atomic E-state index is -0.398. The van der Waals surface area contributed by atoms with Crippen molar-refractivity contribution in [2.45, 2.75) is 65.5 Å². The Bertz CT molecular complexity index is 1380. The van der Waals surface area contributed by atoms with Gasteiger partial charge in [0.15, 0.2) is 0 Å². The normalized spacial score (nSPS) is 22.9. The van der Waals surface area contributed by atoms with Crippen molar-refractivity contribution in [2.24, 2.45) is 11.8 Å². The van der Waals surface area contributed by atoms with Crippen LogP contribution in [0, 0.1) is 18.8 Å². The van der Waals surface area contributed by atoms with Crippen LogP contribution in [0.1, 0.15) is 73.5 Å². The third-order valence-corrected chi connectivity index (χ3v) is 8.99. The molecule has 0 radical (unpaired) electrons. The number of benzene rings is 2. The molecule has 0 saturated heterocycles. The Balaban J connectivity index is 1.52. The summed E-state index contributed by atoms with van der Waals surface area (Å²) in [5.74, 6) is 2.39. The summed E-state index contributed by atoms with van der Waals surface area (Å²) in [5.41, 5.74) is 5.82. The van der Waals surface area contributed by atoms with E-state index in [1.807, 2.05) is 29.2 Å². The lowest BCUT2D eigenvalue weighted by atomic mass is 9.99. The van der Waals surface area contributed by atoms with E-state index in [1.54, 1.807) is 7.11 Å². The summed E-state index contributed by atoms with van der Waals surface area (Å²) in [6.07, 6.45) is 11.1. The van der Waals surface area contributed by atoms with Crippen molar-refractivity contribution in [1.29, 1.82) is 0 Å². The molecule has 2 heterocycles. The number of para-hydroxylation sites is 1. The van der Waals surface area contributed by atoms with Crippen molar-refractivity contribution in [3.05, 3.63) is 99.5 Å². The Hall–Kier alpha value is -3.18. The highest BCUT2D eigenvalue weighted by Crippen LogP contribution is 2.51. The molecule has 5 nitrogen and oxygen atoms in total. The van der Waals surface area contributed by atoms with Crippen molar-refractivity contribution in [2.75, 3.05) is 20.2 Å². The summed E-state index contributed by atoms with van der Waals surface area (Å²) in [5, 5.41) is 4.40. The Morgan fingerprint density at radius 2 is 1.98 bits per heavy atom. The molecule has 212 valence electrons. The molecule has 3 atom stereocenters. The van der Waals surface area contributed by atoms with Gasteiger partial charge in [0.2, 0.25) is 0 Å². The maximum Gasteiger partial charge on any atom is 0.255 e. The Morgan fingerprint density at radius 3 is 2.67 bits per heavy atom. The van der Waals surface area contributed by atoms with Gasteiger partial charge in [0.05, 0.1) is 29.9 Å². The lowest BCUT2D eigenvalue weighted by Crippen LogP contribution is -2.48. The van der Waals surface area contributed by atoms with E-state index in [1.165, 1.54) is 5.56 Å². The molecule has 1 saturated carbocycles. The second-order valence-corrected chi connectivity index (χ2v) is 12.5. The summed E-state index contributed by atoms with van der Waals surface area (Å²) in [4.78, 5) is 18.5. The number of carbonyl (C=O) groups excluding carboxylic acids is 1. The smallest absolute Gasteiger partial charge is 0.255 e. The number of aryl methyl sites for hydroxylation is 1. The quantitative estimate of drug-likeness (QED) is 0.329. The highest BCUT2D eigenvalue weighted by Gasteiger charge is 2.41. The SMILES string of the molecule is COc1ccccc1CC1=C(CN(CCC(C)C)C(=O)c2ccc(C)c(C3CC3C)c2Cl)NC2(C)C=CC=CN12. The van der Waals surface area contributed by atoms with Gasteiger partial charge in [0.1, 0.15) is 11.4 Å². The van der Waals surface area contributed by atoms with Gasteiger partial charge in [-0.15, -0.1) is 0 Å². The zero-order valence-corrected chi connectivity index (χ0v) is 25.4. The van der Waals surface area contributed by atoms with Crippen molar-refractivity contribution >= 4 is 17.5 Å². The van der Waals surface area contributed by atoms with E-state index in [2.05, 4.69) is 81.4 Å². The van der Waals surface area contributed by atoms with Crippen LogP contribution in [0.2, 0.25) is 5.02 Å². The summed E-state index contributed by atoms with van der Waals surface area (Å²) in [6.45, 7) is 12.1. The van der Waals surface area contributed by atoms with E-state index in [4.69, 9.17) is 16.3 Å². The van der Waals surface area contributed by atoms with Crippen LogP contribution < -0.4 is 10.1 Å². The number of nitrogens with one attached hydrogen (secondary N) is 1. The number of hydrogen-bond acceptors (Lipinski definition) is 4. The van der Waals surface area contributed by atoms with E-state index in [-0.39, 0.29) is 5.91 Å². The molecule has 0 spiro atoms. The van der Waals surface area contributed by atoms with Crippen molar-refractivity contribution in [1.82, 2.24) is 15.1 Å². The van der Waals surface area contributed by atoms with Crippen LogP contribution in [0.3, 0.4) is 0 Å². The first-order valence-corrected chi connectivity index (χ1v) is 14.9. The lowest BCUT2D eigenvalue weighted by molar-refractivity contribution is 0.0760. The number of amides is 1. The predicted octanol–water partition coefficient (Wildman–Crippen LogP) is 7.43. The molecule has 2 aromatic carbocycles. The van der Waals surface area contributed by atoms with E-state index in [0.29, 0.717) is 47.9 Å².